The highest BCUT2D eigenvalue weighted by molar-refractivity contribution is 6.04. The van der Waals surface area contributed by atoms with E-state index < -0.39 is 17.9 Å². The number of carbonyl (C=O) groups is 3. The molecule has 5 aromatic rings. The number of esters is 3. The summed E-state index contributed by atoms with van der Waals surface area (Å²) in [5, 5.41) is 21.4. The number of benzene rings is 4. The second-order valence-corrected chi connectivity index (χ2v) is 10.7. The summed E-state index contributed by atoms with van der Waals surface area (Å²) in [5.74, 6) is 0.0151. The number of hydrogen-bond donors (Lipinski definition) is 2. The zero-order valence-electron chi connectivity index (χ0n) is 26.3. The van der Waals surface area contributed by atoms with Crippen LogP contribution in [0, 0.1) is 0 Å². The molecule has 0 saturated heterocycles. The van der Waals surface area contributed by atoms with E-state index in [1.54, 1.807) is 30.3 Å². The van der Waals surface area contributed by atoms with Crippen LogP contribution in [-0.2, 0) is 27.2 Å². The SMILES string of the molecule is COc1cc(-c2oc3c(OC)cc(CCc4cc(OC(C)=O)cc(OC(C)=O)c4)cc3c2-c2cc(O)cc(O)c2)ccc1OC(C)=O. The van der Waals surface area contributed by atoms with E-state index in [1.807, 2.05) is 12.1 Å². The third-order valence-corrected chi connectivity index (χ3v) is 7.07. The van der Waals surface area contributed by atoms with Crippen molar-refractivity contribution in [2.45, 2.75) is 33.6 Å². The van der Waals surface area contributed by atoms with Crippen LogP contribution in [0.15, 0.2) is 71.1 Å². The minimum Gasteiger partial charge on any atom is -0.508 e. The fourth-order valence-corrected chi connectivity index (χ4v) is 5.31. The molecule has 4 aromatic carbocycles. The molecule has 2 N–H and O–H groups in total. The van der Waals surface area contributed by atoms with Gasteiger partial charge in [0.05, 0.1) is 14.2 Å². The highest BCUT2D eigenvalue weighted by Gasteiger charge is 2.24. The van der Waals surface area contributed by atoms with Crippen LogP contribution in [0.1, 0.15) is 31.9 Å². The Balaban J connectivity index is 1.64. The molecule has 11 heteroatoms. The van der Waals surface area contributed by atoms with Crippen LogP contribution in [0.2, 0.25) is 0 Å². The van der Waals surface area contributed by atoms with Crippen molar-refractivity contribution in [1.82, 2.24) is 0 Å². The third-order valence-electron chi connectivity index (χ3n) is 7.07. The number of hydrogen-bond acceptors (Lipinski definition) is 11. The van der Waals surface area contributed by atoms with Crippen molar-refractivity contribution in [1.29, 1.82) is 0 Å². The topological polar surface area (TPSA) is 151 Å². The van der Waals surface area contributed by atoms with E-state index in [0.717, 1.165) is 11.1 Å². The van der Waals surface area contributed by atoms with Gasteiger partial charge in [-0.3, -0.25) is 14.4 Å². The minimum absolute atomic E-state index is 0.151. The van der Waals surface area contributed by atoms with Gasteiger partial charge in [0, 0.05) is 49.4 Å². The first-order valence-corrected chi connectivity index (χ1v) is 14.5. The number of aryl methyl sites for hydroxylation is 2. The highest BCUT2D eigenvalue weighted by atomic mass is 16.6. The van der Waals surface area contributed by atoms with Crippen LogP contribution in [0.5, 0.6) is 40.2 Å². The Bertz CT molecular complexity index is 1950. The Morgan fingerprint density at radius 3 is 1.74 bits per heavy atom. The van der Waals surface area contributed by atoms with Gasteiger partial charge in [-0.1, -0.05) is 0 Å². The van der Waals surface area contributed by atoms with Crippen molar-refractivity contribution in [3.8, 4) is 62.7 Å². The summed E-state index contributed by atoms with van der Waals surface area (Å²) in [4.78, 5) is 34.8. The first-order valence-electron chi connectivity index (χ1n) is 14.5. The van der Waals surface area contributed by atoms with Gasteiger partial charge in [-0.05, 0) is 84.1 Å². The molecule has 11 nitrogen and oxygen atoms in total. The van der Waals surface area contributed by atoms with Gasteiger partial charge < -0.3 is 38.3 Å². The number of methoxy groups -OCH3 is 2. The van der Waals surface area contributed by atoms with Crippen LogP contribution >= 0.6 is 0 Å². The molecule has 0 aliphatic rings. The van der Waals surface area contributed by atoms with E-state index >= 15 is 0 Å². The molecule has 0 amide bonds. The second kappa shape index (κ2) is 13.6. The molecular formula is C36H32O11. The Hall–Kier alpha value is -5.97. The van der Waals surface area contributed by atoms with Crippen molar-refractivity contribution in [3.05, 3.63) is 77.9 Å². The molecule has 0 radical (unpaired) electrons. The molecule has 47 heavy (non-hydrogen) atoms. The minimum atomic E-state index is -0.508. The van der Waals surface area contributed by atoms with Crippen molar-refractivity contribution in [3.63, 3.8) is 0 Å². The number of aromatic hydroxyl groups is 2. The molecule has 1 aromatic heterocycles. The number of fused-ring (bicyclic) bond motifs is 1. The Labute approximate surface area is 269 Å². The normalized spacial score (nSPS) is 10.8. The van der Waals surface area contributed by atoms with Gasteiger partial charge in [-0.15, -0.1) is 0 Å². The fraction of sp³-hybridized carbons (Fsp3) is 0.194. The van der Waals surface area contributed by atoms with Crippen LogP contribution in [0.3, 0.4) is 0 Å². The van der Waals surface area contributed by atoms with Crippen molar-refractivity contribution in [2.24, 2.45) is 0 Å². The zero-order chi connectivity index (χ0) is 33.8. The predicted octanol–water partition coefficient (Wildman–Crippen LogP) is 6.76. The van der Waals surface area contributed by atoms with E-state index in [9.17, 15) is 24.6 Å². The van der Waals surface area contributed by atoms with Gasteiger partial charge in [0.1, 0.15) is 28.8 Å². The standard InChI is InChI=1S/C36H32O11/c1-19(37)44-28-10-22(11-29(18-28)45-20(2)38)6-7-23-12-30-34(25-14-26(40)17-27(41)15-25)35(47-36(30)33(13-23)43-5)24-8-9-31(46-21(3)39)32(16-24)42-4/h8-18,40-41H,6-7H2,1-5H3. The van der Waals surface area contributed by atoms with Gasteiger partial charge in [-0.25, -0.2) is 0 Å². The van der Waals surface area contributed by atoms with Gasteiger partial charge >= 0.3 is 17.9 Å². The molecular weight excluding hydrogens is 608 g/mol. The van der Waals surface area contributed by atoms with E-state index in [4.69, 9.17) is 28.1 Å². The molecule has 0 spiro atoms. The van der Waals surface area contributed by atoms with E-state index in [2.05, 4.69) is 0 Å². The van der Waals surface area contributed by atoms with Gasteiger partial charge in [0.25, 0.3) is 0 Å². The number of furan rings is 1. The molecule has 0 saturated carbocycles. The van der Waals surface area contributed by atoms with E-state index in [0.29, 0.717) is 57.8 Å². The molecule has 0 atom stereocenters. The zero-order valence-corrected chi connectivity index (χ0v) is 26.3. The first-order chi connectivity index (χ1) is 22.4. The molecule has 0 aliphatic carbocycles. The first kappa shape index (κ1) is 32.4. The van der Waals surface area contributed by atoms with Crippen molar-refractivity contribution in [2.75, 3.05) is 14.2 Å². The summed E-state index contributed by atoms with van der Waals surface area (Å²) >= 11 is 0. The maximum absolute atomic E-state index is 11.6. The summed E-state index contributed by atoms with van der Waals surface area (Å²) in [7, 11) is 2.97. The monoisotopic (exact) mass is 640 g/mol. The smallest absolute Gasteiger partial charge is 0.308 e. The summed E-state index contributed by atoms with van der Waals surface area (Å²) in [6, 6.07) is 17.8. The van der Waals surface area contributed by atoms with E-state index in [1.165, 1.54) is 59.3 Å². The van der Waals surface area contributed by atoms with Crippen LogP contribution < -0.4 is 23.7 Å². The number of phenolic OH excluding ortho intramolecular Hbond substituents is 2. The quantitative estimate of drug-likeness (QED) is 0.123. The summed E-state index contributed by atoms with van der Waals surface area (Å²) in [5.41, 5.74) is 3.62. The Kier molecular flexibility index (Phi) is 9.36. The molecule has 5 rings (SSSR count). The average molecular weight is 641 g/mol. The Morgan fingerprint density at radius 2 is 1.19 bits per heavy atom. The molecule has 242 valence electrons. The maximum Gasteiger partial charge on any atom is 0.308 e. The lowest BCUT2D eigenvalue weighted by Gasteiger charge is -2.11. The van der Waals surface area contributed by atoms with Gasteiger partial charge in [0.15, 0.2) is 22.8 Å². The third kappa shape index (κ3) is 7.47. The lowest BCUT2D eigenvalue weighted by molar-refractivity contribution is -0.133. The Morgan fingerprint density at radius 1 is 0.617 bits per heavy atom. The lowest BCUT2D eigenvalue weighted by atomic mass is 9.95. The highest BCUT2D eigenvalue weighted by Crippen LogP contribution is 2.47. The van der Waals surface area contributed by atoms with Crippen LogP contribution in [-0.4, -0.2) is 42.3 Å². The number of phenols is 2. The molecule has 1 heterocycles. The molecule has 0 aliphatic heterocycles. The summed E-state index contributed by atoms with van der Waals surface area (Å²) in [6.07, 6.45) is 0.964. The number of ether oxygens (including phenoxy) is 5. The second-order valence-electron chi connectivity index (χ2n) is 10.7. The maximum atomic E-state index is 11.6. The summed E-state index contributed by atoms with van der Waals surface area (Å²) in [6.45, 7) is 3.86. The molecule has 0 unspecified atom stereocenters. The lowest BCUT2D eigenvalue weighted by Crippen LogP contribution is -2.05. The van der Waals surface area contributed by atoms with Crippen LogP contribution in [0.4, 0.5) is 0 Å². The summed E-state index contributed by atoms with van der Waals surface area (Å²) < 4.78 is 33.5. The number of carbonyl (C=O) groups excluding carboxylic acids is 3. The van der Waals surface area contributed by atoms with Gasteiger partial charge in [0.2, 0.25) is 0 Å². The van der Waals surface area contributed by atoms with E-state index in [-0.39, 0.29) is 28.7 Å². The molecule has 0 fully saturated rings. The molecule has 0 bridgehead atoms. The average Bonchev–Trinajstić information content (AvgIpc) is 3.38. The largest absolute Gasteiger partial charge is 0.508 e. The fourth-order valence-electron chi connectivity index (χ4n) is 5.31. The van der Waals surface area contributed by atoms with Crippen LogP contribution in [0.25, 0.3) is 33.4 Å². The van der Waals surface area contributed by atoms with Crippen molar-refractivity contribution < 1.29 is 52.7 Å². The van der Waals surface area contributed by atoms with Crippen molar-refractivity contribution >= 4 is 28.9 Å². The predicted molar refractivity (Wildman–Crippen MR) is 171 cm³/mol. The van der Waals surface area contributed by atoms with Gasteiger partial charge in [-0.2, -0.15) is 0 Å². The number of rotatable bonds is 10.